The molecule has 0 rings (SSSR count). The molecule has 0 bridgehead atoms. The minimum absolute atomic E-state index is 0. The van der Waals surface area contributed by atoms with Gasteiger partial charge in [0.05, 0.1) is 6.54 Å². The van der Waals surface area contributed by atoms with Gasteiger partial charge in [-0.25, -0.2) is 4.79 Å². The van der Waals surface area contributed by atoms with Gasteiger partial charge in [-0.15, -0.1) is 13.2 Å². The molecule has 0 aliphatic rings. The number of quaternary nitrogens is 1. The standard InChI is InChI=1S/C11H19NO2.ClH/c1-3-5-10(6-4-2)7-8-12-9-11(13)14;/h3-4,10,12H,1-2,5-9H2,(H,13,14);1H. The van der Waals surface area contributed by atoms with Crippen molar-refractivity contribution < 1.29 is 27.6 Å². The summed E-state index contributed by atoms with van der Waals surface area (Å²) < 4.78 is 0. The minimum atomic E-state index is -0.756. The van der Waals surface area contributed by atoms with E-state index in [9.17, 15) is 4.79 Å². The second kappa shape index (κ2) is 11.3. The molecule has 0 radical (unpaired) electrons. The van der Waals surface area contributed by atoms with Crippen LogP contribution in [0.15, 0.2) is 25.3 Å². The van der Waals surface area contributed by atoms with E-state index < -0.39 is 5.97 Å². The number of carbonyl (C=O) groups is 1. The van der Waals surface area contributed by atoms with Gasteiger partial charge in [0.15, 0.2) is 6.54 Å². The molecule has 0 fully saturated rings. The lowest BCUT2D eigenvalue weighted by Crippen LogP contribution is -3.00. The summed E-state index contributed by atoms with van der Waals surface area (Å²) in [7, 11) is 0. The van der Waals surface area contributed by atoms with Crippen LogP contribution in [0.5, 0.6) is 0 Å². The lowest BCUT2D eigenvalue weighted by molar-refractivity contribution is -0.646. The Bertz CT molecular complexity index is 185. The maximum Gasteiger partial charge on any atom is 0.359 e. The van der Waals surface area contributed by atoms with E-state index >= 15 is 0 Å². The van der Waals surface area contributed by atoms with E-state index in [0.717, 1.165) is 25.8 Å². The van der Waals surface area contributed by atoms with Crippen molar-refractivity contribution in [3.63, 3.8) is 0 Å². The van der Waals surface area contributed by atoms with Crippen molar-refractivity contribution in [2.45, 2.75) is 19.3 Å². The van der Waals surface area contributed by atoms with Gasteiger partial charge in [-0.05, 0) is 25.2 Å². The summed E-state index contributed by atoms with van der Waals surface area (Å²) in [4.78, 5) is 10.2. The van der Waals surface area contributed by atoms with Gasteiger partial charge in [-0.1, -0.05) is 12.2 Å². The van der Waals surface area contributed by atoms with Crippen LogP contribution < -0.4 is 17.7 Å². The second-order valence-corrected chi connectivity index (χ2v) is 3.38. The van der Waals surface area contributed by atoms with Crippen LogP contribution >= 0.6 is 0 Å². The average molecular weight is 234 g/mol. The average Bonchev–Trinajstić information content (AvgIpc) is 2.12. The molecule has 0 amide bonds. The Kier molecular flexibility index (Phi) is 12.5. The highest BCUT2D eigenvalue weighted by Gasteiger charge is 2.06. The molecule has 3 N–H and O–H groups in total. The fourth-order valence-corrected chi connectivity index (χ4v) is 1.38. The molecule has 0 aliphatic heterocycles. The van der Waals surface area contributed by atoms with Gasteiger partial charge in [-0.3, -0.25) is 0 Å². The normalized spacial score (nSPS) is 9.40. The van der Waals surface area contributed by atoms with Crippen LogP contribution in [0.3, 0.4) is 0 Å². The van der Waals surface area contributed by atoms with Gasteiger partial charge in [0, 0.05) is 0 Å². The van der Waals surface area contributed by atoms with Crippen LogP contribution in [0.1, 0.15) is 19.3 Å². The molecule has 0 saturated carbocycles. The van der Waals surface area contributed by atoms with E-state index in [1.807, 2.05) is 17.5 Å². The predicted molar refractivity (Wildman–Crippen MR) is 57.0 cm³/mol. The van der Waals surface area contributed by atoms with Crippen molar-refractivity contribution in [2.75, 3.05) is 13.1 Å². The van der Waals surface area contributed by atoms with Crippen molar-refractivity contribution in [1.82, 2.24) is 0 Å². The van der Waals surface area contributed by atoms with Crippen molar-refractivity contribution in [1.29, 1.82) is 0 Å². The molecule has 0 aromatic heterocycles. The topological polar surface area (TPSA) is 53.9 Å². The van der Waals surface area contributed by atoms with Gasteiger partial charge < -0.3 is 22.8 Å². The molecule has 0 spiro atoms. The highest BCUT2D eigenvalue weighted by molar-refractivity contribution is 5.67. The van der Waals surface area contributed by atoms with Crippen molar-refractivity contribution in [3.05, 3.63) is 25.3 Å². The molecule has 0 unspecified atom stereocenters. The predicted octanol–water partition coefficient (Wildman–Crippen LogP) is -2.20. The molecule has 0 aliphatic carbocycles. The number of halogens is 1. The fourth-order valence-electron chi connectivity index (χ4n) is 1.38. The van der Waals surface area contributed by atoms with E-state index in [0.29, 0.717) is 5.92 Å². The summed E-state index contributed by atoms with van der Waals surface area (Å²) in [6.45, 7) is 8.42. The Balaban J connectivity index is 0. The zero-order chi connectivity index (χ0) is 10.8. The van der Waals surface area contributed by atoms with Gasteiger partial charge in [-0.2, -0.15) is 0 Å². The number of allylic oxidation sites excluding steroid dienone is 2. The first-order valence-corrected chi connectivity index (χ1v) is 4.96. The van der Waals surface area contributed by atoms with Crippen LogP contribution in [0.2, 0.25) is 0 Å². The van der Waals surface area contributed by atoms with Gasteiger partial charge in [0.25, 0.3) is 0 Å². The zero-order valence-corrected chi connectivity index (χ0v) is 9.75. The summed E-state index contributed by atoms with van der Waals surface area (Å²) in [6, 6.07) is 0. The van der Waals surface area contributed by atoms with Gasteiger partial charge >= 0.3 is 5.97 Å². The third-order valence-corrected chi connectivity index (χ3v) is 2.10. The van der Waals surface area contributed by atoms with Gasteiger partial charge in [0.1, 0.15) is 0 Å². The van der Waals surface area contributed by atoms with Crippen molar-refractivity contribution in [2.24, 2.45) is 5.92 Å². The number of carboxylic acid groups (broad SMARTS) is 1. The lowest BCUT2D eigenvalue weighted by Gasteiger charge is -2.10. The van der Waals surface area contributed by atoms with Crippen LogP contribution in [-0.4, -0.2) is 24.2 Å². The van der Waals surface area contributed by atoms with Crippen LogP contribution in [0, 0.1) is 5.92 Å². The first-order valence-electron chi connectivity index (χ1n) is 4.96. The Morgan fingerprint density at radius 1 is 1.33 bits per heavy atom. The maximum absolute atomic E-state index is 10.2. The number of hydrogen-bond donors (Lipinski definition) is 2. The molecule has 3 nitrogen and oxygen atoms in total. The number of hydrogen-bond acceptors (Lipinski definition) is 1. The van der Waals surface area contributed by atoms with Crippen LogP contribution in [0.25, 0.3) is 0 Å². The Morgan fingerprint density at radius 2 is 1.87 bits per heavy atom. The summed E-state index contributed by atoms with van der Waals surface area (Å²) in [5, 5.41) is 10.2. The summed E-state index contributed by atoms with van der Waals surface area (Å²) in [6.07, 6.45) is 6.79. The van der Waals surface area contributed by atoms with Crippen LogP contribution in [-0.2, 0) is 4.79 Å². The van der Waals surface area contributed by atoms with E-state index in [1.54, 1.807) is 0 Å². The maximum atomic E-state index is 10.2. The Labute approximate surface area is 97.7 Å². The molecular weight excluding hydrogens is 214 g/mol. The molecule has 0 heterocycles. The van der Waals surface area contributed by atoms with E-state index in [-0.39, 0.29) is 19.0 Å². The van der Waals surface area contributed by atoms with Crippen molar-refractivity contribution >= 4 is 5.97 Å². The smallest absolute Gasteiger partial charge is 0.359 e. The Hall–Kier alpha value is -0.800. The first kappa shape index (κ1) is 16.6. The SMILES string of the molecule is C=CCC(CC=C)CC[NH2+]CC(=O)O.[Cl-]. The number of nitrogens with two attached hydrogens (primary N) is 1. The lowest BCUT2D eigenvalue weighted by atomic mass is 9.98. The van der Waals surface area contributed by atoms with E-state index in [2.05, 4.69) is 13.2 Å². The quantitative estimate of drug-likeness (QED) is 0.351. The molecule has 0 atom stereocenters. The molecule has 0 aromatic carbocycles. The third-order valence-electron chi connectivity index (χ3n) is 2.10. The number of aliphatic carboxylic acids is 1. The summed E-state index contributed by atoms with van der Waals surface area (Å²) in [5.41, 5.74) is 0. The summed E-state index contributed by atoms with van der Waals surface area (Å²) in [5.74, 6) is -0.191. The monoisotopic (exact) mass is 233 g/mol. The highest BCUT2D eigenvalue weighted by atomic mass is 35.5. The molecule has 0 saturated heterocycles. The molecule has 15 heavy (non-hydrogen) atoms. The first-order chi connectivity index (χ1) is 6.70. The van der Waals surface area contributed by atoms with E-state index in [1.165, 1.54) is 0 Å². The van der Waals surface area contributed by atoms with E-state index in [4.69, 9.17) is 5.11 Å². The van der Waals surface area contributed by atoms with Crippen LogP contribution in [0.4, 0.5) is 0 Å². The minimum Gasteiger partial charge on any atom is -1.00 e. The molecule has 88 valence electrons. The van der Waals surface area contributed by atoms with Crippen molar-refractivity contribution in [3.8, 4) is 0 Å². The largest absolute Gasteiger partial charge is 1.00 e. The molecular formula is C11H20ClNO2. The summed E-state index contributed by atoms with van der Waals surface area (Å²) >= 11 is 0. The fraction of sp³-hybridized carbons (Fsp3) is 0.545. The van der Waals surface area contributed by atoms with Gasteiger partial charge in [0.2, 0.25) is 0 Å². The zero-order valence-electron chi connectivity index (χ0n) is 8.99. The Morgan fingerprint density at radius 3 is 2.27 bits per heavy atom. The number of rotatable bonds is 9. The number of carboxylic acids is 1. The third kappa shape index (κ3) is 11.1. The highest BCUT2D eigenvalue weighted by Crippen LogP contribution is 2.12. The molecule has 0 aromatic rings. The molecule has 4 heteroatoms. The second-order valence-electron chi connectivity index (χ2n) is 3.38.